The van der Waals surface area contributed by atoms with Gasteiger partial charge in [-0.25, -0.2) is 0 Å². The molecule has 16 valence electrons. The minimum Gasteiger partial charge on any atom is 0 e. The summed E-state index contributed by atoms with van der Waals surface area (Å²) in [6.45, 7) is 0. The van der Waals surface area contributed by atoms with E-state index in [1.54, 1.807) is 0 Å². The van der Waals surface area contributed by atoms with Crippen molar-refractivity contribution in [2.75, 3.05) is 0 Å². The summed E-state index contributed by atoms with van der Waals surface area (Å²) >= 11 is 0. The summed E-state index contributed by atoms with van der Waals surface area (Å²) in [5, 5.41) is 0. The van der Waals surface area contributed by atoms with Gasteiger partial charge in [-0.2, -0.15) is 0 Å². The molecule has 0 nitrogen and oxygen atoms in total. The van der Waals surface area contributed by atoms with Crippen LogP contribution < -0.4 is 0 Å². The Morgan fingerprint density at radius 1 is 1.00 bits per heavy atom. The molecule has 0 aromatic rings. The van der Waals surface area contributed by atoms with Crippen LogP contribution in [0.15, 0.2) is 0 Å². The maximum Gasteiger partial charge on any atom is 0 e. The number of rotatable bonds is 0. The first-order valence-electron chi connectivity index (χ1n) is 0. The average Bonchev–Trinajstić information content (AvgIpc) is 0. The first-order valence-corrected chi connectivity index (χ1v) is 0. The molecule has 6 radical (unpaired) electrons. The van der Waals surface area contributed by atoms with Crippen molar-refractivity contribution in [2.45, 2.75) is 0 Å². The molecule has 0 aliphatic carbocycles. The monoisotopic (exact) mass is 394 g/mol. The van der Waals surface area contributed by atoms with Crippen molar-refractivity contribution in [3.63, 3.8) is 0 Å². The molecule has 4 heavy (non-hydrogen) atoms. The SMILES string of the molecule is [LiH].[Pb].[Te].[Ti]. The predicted octanol–water partition coefficient (Wildman–Crippen LogP) is -1.41. The summed E-state index contributed by atoms with van der Waals surface area (Å²) in [4.78, 5) is 0. The van der Waals surface area contributed by atoms with Crippen LogP contribution in [0.3, 0.4) is 0 Å². The van der Waals surface area contributed by atoms with Crippen molar-refractivity contribution in [3.05, 3.63) is 0 Å². The Bertz CT molecular complexity index is 8.00. The molecule has 0 heterocycles. The number of hydrogen-bond acceptors (Lipinski definition) is 0. The van der Waals surface area contributed by atoms with Crippen molar-refractivity contribution >= 4 is 69.8 Å². The Morgan fingerprint density at radius 2 is 1.00 bits per heavy atom. The smallest absolute Gasteiger partial charge is 0 e. The van der Waals surface area contributed by atoms with Gasteiger partial charge in [0.1, 0.15) is 0 Å². The Morgan fingerprint density at radius 3 is 1.00 bits per heavy atom. The van der Waals surface area contributed by atoms with Gasteiger partial charge in [0.2, 0.25) is 0 Å². The molecular weight excluding hydrogens is 390 g/mol. The largest absolute Gasteiger partial charge is 0 e. The van der Waals surface area contributed by atoms with E-state index in [-0.39, 0.29) is 91.5 Å². The zero-order valence-electron chi connectivity index (χ0n) is 1.41. The molecule has 0 aromatic heterocycles. The van der Waals surface area contributed by atoms with Crippen molar-refractivity contribution in [1.29, 1.82) is 0 Å². The molecule has 0 rings (SSSR count). The molecule has 0 N–H and O–H groups in total. The van der Waals surface area contributed by atoms with E-state index in [4.69, 9.17) is 0 Å². The van der Waals surface area contributed by atoms with Crippen LogP contribution in [0.1, 0.15) is 0 Å². The van der Waals surface area contributed by atoms with Gasteiger partial charge in [-0.1, -0.05) is 0 Å². The summed E-state index contributed by atoms with van der Waals surface area (Å²) < 4.78 is 0. The van der Waals surface area contributed by atoms with E-state index in [2.05, 4.69) is 0 Å². The standard InChI is InChI=1S/Li.Pb.Te.Ti.H. The second kappa shape index (κ2) is 16.6. The van der Waals surface area contributed by atoms with Crippen molar-refractivity contribution < 1.29 is 21.7 Å². The van der Waals surface area contributed by atoms with Gasteiger partial charge in [-0.3, -0.25) is 0 Å². The van der Waals surface area contributed by atoms with E-state index >= 15 is 0 Å². The minimum absolute atomic E-state index is 0. The van der Waals surface area contributed by atoms with Crippen molar-refractivity contribution in [3.8, 4) is 0 Å². The molecule has 0 amide bonds. The van der Waals surface area contributed by atoms with Crippen LogP contribution >= 0.6 is 0 Å². The molecule has 0 unspecified atom stereocenters. The molecule has 0 aliphatic heterocycles. The molecule has 4 heteroatoms. The van der Waals surface area contributed by atoms with E-state index in [0.29, 0.717) is 0 Å². The molecule has 0 saturated carbocycles. The molecule has 0 aromatic carbocycles. The van der Waals surface area contributed by atoms with Crippen LogP contribution in [-0.4, -0.2) is 69.8 Å². The maximum atomic E-state index is 0. The topological polar surface area (TPSA) is 0 Å². The van der Waals surface area contributed by atoms with Crippen LogP contribution in [0.5, 0.6) is 0 Å². The molecule has 0 fully saturated rings. The first-order chi connectivity index (χ1) is 0. The molecular formula is HLiPbTeTi. The average molecular weight is 391 g/mol. The van der Waals surface area contributed by atoms with E-state index in [0.717, 1.165) is 0 Å². The molecule has 0 aliphatic rings. The Balaban J connectivity index is 0. The van der Waals surface area contributed by atoms with Crippen molar-refractivity contribution in [1.82, 2.24) is 0 Å². The Kier molecular flexibility index (Phi) is 116. The van der Waals surface area contributed by atoms with Gasteiger partial charge in [0, 0.05) is 72.7 Å². The summed E-state index contributed by atoms with van der Waals surface area (Å²) in [5.41, 5.74) is 0. The van der Waals surface area contributed by atoms with E-state index < -0.39 is 0 Å². The Hall–Kier alpha value is 3.02. The maximum absolute atomic E-state index is 0. The van der Waals surface area contributed by atoms with Crippen molar-refractivity contribution in [2.24, 2.45) is 0 Å². The summed E-state index contributed by atoms with van der Waals surface area (Å²) in [5.74, 6) is 0. The molecule has 0 saturated heterocycles. The van der Waals surface area contributed by atoms with Gasteiger partial charge in [0.15, 0.2) is 0 Å². The van der Waals surface area contributed by atoms with E-state index in [1.165, 1.54) is 0 Å². The van der Waals surface area contributed by atoms with Crippen LogP contribution in [0.25, 0.3) is 0 Å². The first kappa shape index (κ1) is 27.9. The summed E-state index contributed by atoms with van der Waals surface area (Å²) in [7, 11) is 0. The second-order valence-electron chi connectivity index (χ2n) is 0. The fourth-order valence-corrected chi connectivity index (χ4v) is 0. The third kappa shape index (κ3) is 8.90. The summed E-state index contributed by atoms with van der Waals surface area (Å²) in [6.07, 6.45) is 0. The quantitative estimate of drug-likeness (QED) is 0.446. The van der Waals surface area contributed by atoms with Gasteiger partial charge in [0.25, 0.3) is 0 Å². The van der Waals surface area contributed by atoms with E-state index in [1.807, 2.05) is 0 Å². The third-order valence-corrected chi connectivity index (χ3v) is 0. The summed E-state index contributed by atoms with van der Waals surface area (Å²) in [6, 6.07) is 0. The van der Waals surface area contributed by atoms with E-state index in [9.17, 15) is 0 Å². The zero-order valence-corrected chi connectivity index (χ0v) is 9.19. The Labute approximate surface area is 89.8 Å². The number of hydrogen-bond donors (Lipinski definition) is 0. The van der Waals surface area contributed by atoms with Crippen LogP contribution in [0.4, 0.5) is 0 Å². The van der Waals surface area contributed by atoms with Crippen LogP contribution in [0.2, 0.25) is 0 Å². The molecule has 0 atom stereocenters. The van der Waals surface area contributed by atoms with Gasteiger partial charge >= 0.3 is 18.9 Å². The third-order valence-electron chi connectivity index (χ3n) is 0. The fraction of sp³-hybridized carbons (Fsp3) is 0. The molecule has 0 spiro atoms. The minimum atomic E-state index is 0. The van der Waals surface area contributed by atoms with Gasteiger partial charge in [0.05, 0.1) is 0 Å². The predicted molar refractivity (Wildman–Crippen MR) is 18.7 cm³/mol. The fourth-order valence-electron chi connectivity index (χ4n) is 0. The second-order valence-corrected chi connectivity index (χ2v) is 0. The van der Waals surface area contributed by atoms with Gasteiger partial charge < -0.3 is 0 Å². The van der Waals surface area contributed by atoms with Crippen LogP contribution in [0, 0.1) is 0 Å². The zero-order chi connectivity index (χ0) is 0. The molecule has 0 bridgehead atoms. The van der Waals surface area contributed by atoms with Gasteiger partial charge in [-0.05, 0) is 0 Å². The van der Waals surface area contributed by atoms with Crippen LogP contribution in [-0.2, 0) is 21.7 Å². The van der Waals surface area contributed by atoms with Gasteiger partial charge in [-0.15, -0.1) is 0 Å². The normalized spacial score (nSPS) is 0.